The molecular weight excluding hydrogens is 389 g/mol. The van der Waals surface area contributed by atoms with Crippen molar-refractivity contribution in [2.75, 3.05) is 7.05 Å². The SMILES string of the molecule is CC(c1cc2ccccc2o1)N(C)C(=O)c1ccccc1I. The van der Waals surface area contributed by atoms with Gasteiger partial charge in [0.05, 0.1) is 11.6 Å². The Morgan fingerprint density at radius 2 is 1.82 bits per heavy atom. The van der Waals surface area contributed by atoms with Crippen molar-refractivity contribution in [3.8, 4) is 0 Å². The standard InChI is InChI=1S/C18H16INO2/c1-12(17-11-13-7-3-6-10-16(13)22-17)20(2)18(21)14-8-4-5-9-15(14)19/h3-12H,1-2H3. The largest absolute Gasteiger partial charge is 0.459 e. The Kier molecular flexibility index (Phi) is 4.20. The smallest absolute Gasteiger partial charge is 0.255 e. The number of rotatable bonds is 3. The Morgan fingerprint density at radius 3 is 2.55 bits per heavy atom. The maximum Gasteiger partial charge on any atom is 0.255 e. The van der Waals surface area contributed by atoms with E-state index in [0.717, 1.165) is 20.3 Å². The zero-order valence-corrected chi connectivity index (χ0v) is 14.6. The van der Waals surface area contributed by atoms with Crippen LogP contribution >= 0.6 is 22.6 Å². The third-order valence-corrected chi connectivity index (χ3v) is 4.80. The molecule has 1 amide bonds. The normalized spacial score (nSPS) is 12.3. The second-order valence-corrected chi connectivity index (χ2v) is 6.42. The second-order valence-electron chi connectivity index (χ2n) is 5.26. The zero-order valence-electron chi connectivity index (χ0n) is 12.4. The van der Waals surface area contributed by atoms with E-state index in [1.165, 1.54) is 0 Å². The number of halogens is 1. The summed E-state index contributed by atoms with van der Waals surface area (Å²) in [7, 11) is 1.81. The molecule has 3 aromatic rings. The molecule has 0 bridgehead atoms. The van der Waals surface area contributed by atoms with Crippen molar-refractivity contribution >= 4 is 39.5 Å². The number of hydrogen-bond donors (Lipinski definition) is 0. The first kappa shape index (κ1) is 15.1. The van der Waals surface area contributed by atoms with Crippen molar-refractivity contribution in [2.45, 2.75) is 13.0 Å². The summed E-state index contributed by atoms with van der Waals surface area (Å²) >= 11 is 2.19. The highest BCUT2D eigenvalue weighted by molar-refractivity contribution is 14.1. The lowest BCUT2D eigenvalue weighted by Gasteiger charge is -2.23. The van der Waals surface area contributed by atoms with E-state index in [1.807, 2.05) is 68.6 Å². The molecular formula is C18H16INO2. The van der Waals surface area contributed by atoms with Gasteiger partial charge in [0.1, 0.15) is 11.3 Å². The molecule has 0 saturated carbocycles. The van der Waals surface area contributed by atoms with Crippen LogP contribution in [0.25, 0.3) is 11.0 Å². The lowest BCUT2D eigenvalue weighted by molar-refractivity contribution is 0.0726. The molecule has 1 aromatic heterocycles. The molecule has 0 saturated heterocycles. The Labute approximate surface area is 143 Å². The molecule has 1 heterocycles. The van der Waals surface area contributed by atoms with Gasteiger partial charge in [-0.25, -0.2) is 0 Å². The van der Waals surface area contributed by atoms with Crippen LogP contribution in [0.5, 0.6) is 0 Å². The van der Waals surface area contributed by atoms with Gasteiger partial charge in [0.2, 0.25) is 0 Å². The van der Waals surface area contributed by atoms with Crippen LogP contribution < -0.4 is 0 Å². The Balaban J connectivity index is 1.89. The van der Waals surface area contributed by atoms with Gasteiger partial charge < -0.3 is 9.32 Å². The van der Waals surface area contributed by atoms with Crippen LogP contribution in [-0.4, -0.2) is 17.9 Å². The summed E-state index contributed by atoms with van der Waals surface area (Å²) in [5.74, 6) is 0.793. The van der Waals surface area contributed by atoms with Gasteiger partial charge in [0, 0.05) is 16.0 Å². The van der Waals surface area contributed by atoms with Gasteiger partial charge in [-0.3, -0.25) is 4.79 Å². The van der Waals surface area contributed by atoms with E-state index in [1.54, 1.807) is 4.90 Å². The Hall–Kier alpha value is -1.82. The summed E-state index contributed by atoms with van der Waals surface area (Å²) in [6.07, 6.45) is 0. The number of benzene rings is 2. The number of amides is 1. The van der Waals surface area contributed by atoms with Gasteiger partial charge in [-0.1, -0.05) is 30.3 Å². The van der Waals surface area contributed by atoms with E-state index in [4.69, 9.17) is 4.42 Å². The van der Waals surface area contributed by atoms with Crippen molar-refractivity contribution in [2.24, 2.45) is 0 Å². The highest BCUT2D eigenvalue weighted by Crippen LogP contribution is 2.28. The maximum atomic E-state index is 12.7. The number of carbonyl (C=O) groups excluding carboxylic acids is 1. The first-order valence-electron chi connectivity index (χ1n) is 7.08. The van der Waals surface area contributed by atoms with Crippen LogP contribution in [0, 0.1) is 3.57 Å². The van der Waals surface area contributed by atoms with Gasteiger partial charge >= 0.3 is 0 Å². The molecule has 0 N–H and O–H groups in total. The highest BCUT2D eigenvalue weighted by atomic mass is 127. The Morgan fingerprint density at radius 1 is 1.14 bits per heavy atom. The lowest BCUT2D eigenvalue weighted by Crippen LogP contribution is -2.30. The maximum absolute atomic E-state index is 12.7. The van der Waals surface area contributed by atoms with E-state index in [2.05, 4.69) is 22.6 Å². The third-order valence-electron chi connectivity index (χ3n) is 3.86. The fraction of sp³-hybridized carbons (Fsp3) is 0.167. The topological polar surface area (TPSA) is 33.5 Å². The minimum Gasteiger partial charge on any atom is -0.459 e. The molecule has 0 aliphatic carbocycles. The van der Waals surface area contributed by atoms with Gasteiger partial charge in [-0.2, -0.15) is 0 Å². The molecule has 0 fully saturated rings. The molecule has 22 heavy (non-hydrogen) atoms. The summed E-state index contributed by atoms with van der Waals surface area (Å²) in [5, 5.41) is 1.06. The van der Waals surface area contributed by atoms with Gasteiger partial charge in [-0.05, 0) is 53.8 Å². The summed E-state index contributed by atoms with van der Waals surface area (Å²) < 4.78 is 6.82. The Bertz CT molecular complexity index is 792. The predicted octanol–water partition coefficient (Wildman–Crippen LogP) is 4.87. The van der Waals surface area contributed by atoms with Crippen molar-refractivity contribution in [3.05, 3.63) is 69.5 Å². The van der Waals surface area contributed by atoms with Crippen LogP contribution in [-0.2, 0) is 0 Å². The summed E-state index contributed by atoms with van der Waals surface area (Å²) in [6, 6.07) is 17.4. The molecule has 0 aliphatic rings. The van der Waals surface area contributed by atoms with E-state index >= 15 is 0 Å². The van der Waals surface area contributed by atoms with Crippen LogP contribution in [0.1, 0.15) is 29.1 Å². The van der Waals surface area contributed by atoms with E-state index in [-0.39, 0.29) is 11.9 Å². The number of furan rings is 1. The van der Waals surface area contributed by atoms with E-state index in [0.29, 0.717) is 5.56 Å². The fourth-order valence-electron chi connectivity index (χ4n) is 2.40. The first-order valence-corrected chi connectivity index (χ1v) is 8.16. The van der Waals surface area contributed by atoms with Gasteiger partial charge in [0.25, 0.3) is 5.91 Å². The first-order chi connectivity index (χ1) is 10.6. The molecule has 4 heteroatoms. The van der Waals surface area contributed by atoms with Crippen LogP contribution in [0.2, 0.25) is 0 Å². The van der Waals surface area contributed by atoms with E-state index in [9.17, 15) is 4.79 Å². The summed E-state index contributed by atoms with van der Waals surface area (Å²) in [4.78, 5) is 14.4. The summed E-state index contributed by atoms with van der Waals surface area (Å²) in [6.45, 7) is 1.98. The summed E-state index contributed by atoms with van der Waals surface area (Å²) in [5.41, 5.74) is 1.56. The number of nitrogens with zero attached hydrogens (tertiary/aromatic N) is 1. The second kappa shape index (κ2) is 6.12. The molecule has 0 aliphatic heterocycles. The van der Waals surface area contributed by atoms with Crippen molar-refractivity contribution in [1.82, 2.24) is 4.90 Å². The zero-order chi connectivity index (χ0) is 15.7. The third kappa shape index (κ3) is 2.75. The van der Waals surface area contributed by atoms with Crippen molar-refractivity contribution in [3.63, 3.8) is 0 Å². The van der Waals surface area contributed by atoms with Crippen molar-refractivity contribution in [1.29, 1.82) is 0 Å². The quantitative estimate of drug-likeness (QED) is 0.583. The average molecular weight is 405 g/mol. The highest BCUT2D eigenvalue weighted by Gasteiger charge is 2.23. The minimum atomic E-state index is -0.129. The molecule has 1 atom stereocenters. The van der Waals surface area contributed by atoms with Crippen molar-refractivity contribution < 1.29 is 9.21 Å². The molecule has 3 rings (SSSR count). The number of fused-ring (bicyclic) bond motifs is 1. The van der Waals surface area contributed by atoms with Crippen LogP contribution in [0.15, 0.2) is 59.0 Å². The molecule has 0 radical (unpaired) electrons. The molecule has 112 valence electrons. The number of carbonyl (C=O) groups is 1. The predicted molar refractivity (Wildman–Crippen MR) is 95.9 cm³/mol. The van der Waals surface area contributed by atoms with Crippen LogP contribution in [0.4, 0.5) is 0 Å². The fourth-order valence-corrected chi connectivity index (χ4v) is 3.02. The van der Waals surface area contributed by atoms with Crippen LogP contribution in [0.3, 0.4) is 0 Å². The minimum absolute atomic E-state index is 0.00189. The average Bonchev–Trinajstić information content (AvgIpc) is 2.97. The molecule has 2 aromatic carbocycles. The molecule has 3 nitrogen and oxygen atoms in total. The van der Waals surface area contributed by atoms with Gasteiger partial charge in [-0.15, -0.1) is 0 Å². The van der Waals surface area contributed by atoms with E-state index < -0.39 is 0 Å². The molecule has 0 spiro atoms. The number of hydrogen-bond acceptors (Lipinski definition) is 2. The monoisotopic (exact) mass is 405 g/mol. The number of para-hydroxylation sites is 1. The molecule has 1 unspecified atom stereocenters. The lowest BCUT2D eigenvalue weighted by atomic mass is 10.1. The van der Waals surface area contributed by atoms with Gasteiger partial charge in [0.15, 0.2) is 0 Å².